The Labute approximate surface area is 169 Å². The molecule has 0 radical (unpaired) electrons. The molecule has 0 aromatic heterocycles. The summed E-state index contributed by atoms with van der Waals surface area (Å²) in [6.45, 7) is 3.16. The first-order valence-electron chi connectivity index (χ1n) is 8.01. The smallest absolute Gasteiger partial charge is 0.277 e. The first-order valence-corrected chi connectivity index (χ1v) is 8.42. The van der Waals surface area contributed by atoms with E-state index < -0.39 is 27.1 Å². The number of hydrogen-bond acceptors (Lipinski definition) is 7. The molecule has 12 heteroatoms. The summed E-state index contributed by atoms with van der Waals surface area (Å²) < 4.78 is 0. The van der Waals surface area contributed by atoms with E-state index in [2.05, 4.69) is 16.0 Å². The van der Waals surface area contributed by atoms with E-state index in [-0.39, 0.29) is 16.6 Å². The predicted octanol–water partition coefficient (Wildman–Crippen LogP) is 2.90. The SMILES string of the molecule is CC(=O)Nc1cc(NC(=S)NC(=O)c2cc([N+](=O)[O-])cc([N+](=O)[O-])c2)ccc1C. The highest BCUT2D eigenvalue weighted by Crippen LogP contribution is 2.23. The lowest BCUT2D eigenvalue weighted by Crippen LogP contribution is -2.34. The van der Waals surface area contributed by atoms with Gasteiger partial charge in [0.25, 0.3) is 17.3 Å². The number of nitrogens with one attached hydrogen (secondary N) is 3. The van der Waals surface area contributed by atoms with Crippen molar-refractivity contribution in [3.63, 3.8) is 0 Å². The van der Waals surface area contributed by atoms with E-state index in [1.807, 2.05) is 0 Å². The topological polar surface area (TPSA) is 157 Å². The lowest BCUT2D eigenvalue weighted by Gasteiger charge is -2.12. The minimum atomic E-state index is -0.858. The standard InChI is InChI=1S/C17H15N5O6S/c1-9-3-4-12(7-15(9)18-10(2)23)19-17(29)20-16(24)11-5-13(21(25)26)8-14(6-11)22(27)28/h3-8H,1-2H3,(H,18,23)(H2,19,20,24,29). The fraction of sp³-hybridized carbons (Fsp3) is 0.118. The third-order valence-corrected chi connectivity index (χ3v) is 3.82. The Morgan fingerprint density at radius 1 is 0.966 bits per heavy atom. The van der Waals surface area contributed by atoms with Crippen molar-refractivity contribution in [2.45, 2.75) is 13.8 Å². The van der Waals surface area contributed by atoms with Crippen molar-refractivity contribution in [3.8, 4) is 0 Å². The number of amides is 2. The van der Waals surface area contributed by atoms with E-state index in [1.54, 1.807) is 25.1 Å². The van der Waals surface area contributed by atoms with Gasteiger partial charge >= 0.3 is 0 Å². The number of rotatable bonds is 5. The Balaban J connectivity index is 2.17. The largest absolute Gasteiger partial charge is 0.332 e. The summed E-state index contributed by atoms with van der Waals surface area (Å²) in [4.78, 5) is 43.8. The van der Waals surface area contributed by atoms with E-state index >= 15 is 0 Å². The van der Waals surface area contributed by atoms with Crippen molar-refractivity contribution in [2.24, 2.45) is 0 Å². The van der Waals surface area contributed by atoms with Crippen LogP contribution in [0.5, 0.6) is 0 Å². The molecule has 0 fully saturated rings. The van der Waals surface area contributed by atoms with Crippen LogP contribution in [0.3, 0.4) is 0 Å². The van der Waals surface area contributed by atoms with E-state index in [0.29, 0.717) is 11.4 Å². The Hall–Kier alpha value is -3.93. The first-order chi connectivity index (χ1) is 13.6. The third kappa shape index (κ3) is 5.77. The number of carbonyl (C=O) groups is 2. The zero-order chi connectivity index (χ0) is 21.7. The highest BCUT2D eigenvalue weighted by atomic mass is 32.1. The van der Waals surface area contributed by atoms with E-state index in [4.69, 9.17) is 12.2 Å². The average molecular weight is 417 g/mol. The van der Waals surface area contributed by atoms with Crippen LogP contribution >= 0.6 is 12.2 Å². The molecule has 11 nitrogen and oxygen atoms in total. The second-order valence-corrected chi connectivity index (χ2v) is 6.28. The number of nitro benzene ring substituents is 2. The van der Waals surface area contributed by atoms with E-state index in [9.17, 15) is 29.8 Å². The number of benzene rings is 2. The molecule has 0 spiro atoms. The van der Waals surface area contributed by atoms with Crippen LogP contribution in [0.4, 0.5) is 22.7 Å². The van der Waals surface area contributed by atoms with E-state index in [1.165, 1.54) is 6.92 Å². The van der Waals surface area contributed by atoms with Crippen LogP contribution in [0.25, 0.3) is 0 Å². The van der Waals surface area contributed by atoms with Crippen LogP contribution in [0, 0.1) is 27.2 Å². The lowest BCUT2D eigenvalue weighted by molar-refractivity contribution is -0.394. The number of hydrogen-bond donors (Lipinski definition) is 3. The van der Waals surface area contributed by atoms with Gasteiger partial charge in [0, 0.05) is 30.4 Å². The van der Waals surface area contributed by atoms with Gasteiger partial charge in [0.15, 0.2) is 5.11 Å². The van der Waals surface area contributed by atoms with Gasteiger partial charge < -0.3 is 10.6 Å². The number of aryl methyl sites for hydroxylation is 1. The maximum atomic E-state index is 12.3. The van der Waals surface area contributed by atoms with Crippen LogP contribution in [-0.4, -0.2) is 26.8 Å². The summed E-state index contributed by atoms with van der Waals surface area (Å²) in [6.07, 6.45) is 0. The molecule has 150 valence electrons. The summed E-state index contributed by atoms with van der Waals surface area (Å²) in [5, 5.41) is 29.4. The lowest BCUT2D eigenvalue weighted by atomic mass is 10.1. The Bertz CT molecular complexity index is 1010. The molecule has 2 rings (SSSR count). The Kier molecular flexibility index (Phi) is 6.51. The summed E-state index contributed by atoms with van der Waals surface area (Å²) in [7, 11) is 0. The van der Waals surface area contributed by atoms with Crippen LogP contribution in [0.15, 0.2) is 36.4 Å². The number of non-ortho nitro benzene ring substituents is 2. The number of thiocarbonyl (C=S) groups is 1. The number of carbonyl (C=O) groups excluding carboxylic acids is 2. The maximum Gasteiger partial charge on any atom is 0.277 e. The molecule has 0 aliphatic carbocycles. The summed E-state index contributed by atoms with van der Waals surface area (Å²) in [5.41, 5.74) is 0.339. The quantitative estimate of drug-likeness (QED) is 0.381. The summed E-state index contributed by atoms with van der Waals surface area (Å²) >= 11 is 5.05. The molecule has 0 bridgehead atoms. The van der Waals surface area contributed by atoms with Gasteiger partial charge in [0.1, 0.15) is 0 Å². The zero-order valence-electron chi connectivity index (χ0n) is 15.2. The first kappa shape index (κ1) is 21.4. The van der Waals surface area contributed by atoms with Gasteiger partial charge in [-0.05, 0) is 36.8 Å². The second-order valence-electron chi connectivity index (χ2n) is 5.87. The summed E-state index contributed by atoms with van der Waals surface area (Å²) in [6, 6.07) is 7.56. The maximum absolute atomic E-state index is 12.3. The van der Waals surface area contributed by atoms with Gasteiger partial charge in [0.05, 0.1) is 21.5 Å². The van der Waals surface area contributed by atoms with Gasteiger partial charge in [-0.2, -0.15) is 0 Å². The van der Waals surface area contributed by atoms with Crippen molar-refractivity contribution in [2.75, 3.05) is 10.6 Å². The number of nitrogens with zero attached hydrogens (tertiary/aromatic N) is 2. The highest BCUT2D eigenvalue weighted by molar-refractivity contribution is 7.80. The molecular formula is C17H15N5O6S. The zero-order valence-corrected chi connectivity index (χ0v) is 16.0. The van der Waals surface area contributed by atoms with Crippen molar-refractivity contribution in [1.29, 1.82) is 0 Å². The van der Waals surface area contributed by atoms with Crippen molar-refractivity contribution >= 4 is 51.9 Å². The Morgan fingerprint density at radius 3 is 2.07 bits per heavy atom. The molecule has 0 aliphatic rings. The van der Waals surface area contributed by atoms with Crippen molar-refractivity contribution in [3.05, 3.63) is 67.8 Å². The molecule has 2 amide bonds. The molecule has 0 saturated heterocycles. The summed E-state index contributed by atoms with van der Waals surface area (Å²) in [5.74, 6) is -1.11. The van der Waals surface area contributed by atoms with Crippen LogP contribution in [0.1, 0.15) is 22.8 Å². The van der Waals surface area contributed by atoms with Crippen LogP contribution in [-0.2, 0) is 4.79 Å². The molecule has 0 atom stereocenters. The van der Waals surface area contributed by atoms with Gasteiger partial charge in [0.2, 0.25) is 5.91 Å². The fourth-order valence-corrected chi connectivity index (χ4v) is 2.51. The monoisotopic (exact) mass is 417 g/mol. The third-order valence-electron chi connectivity index (χ3n) is 3.62. The minimum Gasteiger partial charge on any atom is -0.332 e. The number of nitro groups is 2. The molecule has 0 heterocycles. The van der Waals surface area contributed by atoms with Crippen LogP contribution in [0.2, 0.25) is 0 Å². The Morgan fingerprint density at radius 2 is 1.55 bits per heavy atom. The molecule has 2 aromatic carbocycles. The minimum absolute atomic E-state index is 0.137. The molecule has 0 aliphatic heterocycles. The molecule has 0 saturated carbocycles. The van der Waals surface area contributed by atoms with Gasteiger partial charge in [-0.25, -0.2) is 0 Å². The molecular weight excluding hydrogens is 402 g/mol. The molecule has 2 aromatic rings. The average Bonchev–Trinajstić information content (AvgIpc) is 2.63. The van der Waals surface area contributed by atoms with Gasteiger partial charge in [-0.1, -0.05) is 6.07 Å². The molecule has 3 N–H and O–H groups in total. The predicted molar refractivity (Wildman–Crippen MR) is 109 cm³/mol. The second kappa shape index (κ2) is 8.84. The van der Waals surface area contributed by atoms with Crippen molar-refractivity contribution < 1.29 is 19.4 Å². The van der Waals surface area contributed by atoms with Crippen LogP contribution < -0.4 is 16.0 Å². The van der Waals surface area contributed by atoms with Gasteiger partial charge in [-0.15, -0.1) is 0 Å². The highest BCUT2D eigenvalue weighted by Gasteiger charge is 2.20. The molecule has 0 unspecified atom stereocenters. The number of anilines is 2. The molecule has 29 heavy (non-hydrogen) atoms. The van der Waals surface area contributed by atoms with Crippen molar-refractivity contribution in [1.82, 2.24) is 5.32 Å². The normalized spacial score (nSPS) is 10.0. The van der Waals surface area contributed by atoms with E-state index in [0.717, 1.165) is 23.8 Å². The fourth-order valence-electron chi connectivity index (χ4n) is 2.30. The van der Waals surface area contributed by atoms with Gasteiger partial charge in [-0.3, -0.25) is 35.1 Å².